The maximum Gasteiger partial charge on any atom is 0.414 e. The molecule has 1 amide bonds. The monoisotopic (exact) mass is 305 g/mol. The smallest absolute Gasteiger partial charge is 0.383 e. The summed E-state index contributed by atoms with van der Waals surface area (Å²) in [5, 5.41) is 9.21. The number of carbonyl (C=O) groups is 1. The number of likely N-dealkylation sites (tertiary alicyclic amines) is 1. The standard InChI is InChI=1S/C14H15F4NO2/c15-11-3-1-2-10(8-11)13(21)19-6-4-9(5-7-19)12(20)14(16,17)18/h1-3,8-9,12,20H,4-7H2. The van der Waals surface area contributed by atoms with Gasteiger partial charge < -0.3 is 10.0 Å². The van der Waals surface area contributed by atoms with Gasteiger partial charge in [-0.25, -0.2) is 4.39 Å². The second kappa shape index (κ2) is 6.01. The summed E-state index contributed by atoms with van der Waals surface area (Å²) in [7, 11) is 0. The average Bonchev–Trinajstić information content (AvgIpc) is 2.45. The number of halogens is 4. The molecule has 1 saturated heterocycles. The van der Waals surface area contributed by atoms with E-state index in [-0.39, 0.29) is 31.5 Å². The Bertz CT molecular complexity index is 510. The van der Waals surface area contributed by atoms with Crippen molar-refractivity contribution in [3.63, 3.8) is 0 Å². The zero-order valence-electron chi connectivity index (χ0n) is 11.1. The summed E-state index contributed by atoms with van der Waals surface area (Å²) in [5.41, 5.74) is 0.171. The number of piperidine rings is 1. The highest BCUT2D eigenvalue weighted by molar-refractivity contribution is 5.94. The van der Waals surface area contributed by atoms with Crippen LogP contribution in [-0.4, -0.2) is 41.3 Å². The van der Waals surface area contributed by atoms with Gasteiger partial charge in [-0.1, -0.05) is 6.07 Å². The minimum absolute atomic E-state index is 0.0712. The molecule has 0 aliphatic carbocycles. The second-order valence-electron chi connectivity index (χ2n) is 5.13. The highest BCUT2D eigenvalue weighted by Gasteiger charge is 2.44. The molecule has 2 rings (SSSR count). The largest absolute Gasteiger partial charge is 0.414 e. The van der Waals surface area contributed by atoms with E-state index in [1.54, 1.807) is 0 Å². The Morgan fingerprint density at radius 2 is 1.90 bits per heavy atom. The molecule has 1 fully saturated rings. The number of hydrogen-bond donors (Lipinski definition) is 1. The highest BCUT2D eigenvalue weighted by atomic mass is 19.4. The van der Waals surface area contributed by atoms with Crippen LogP contribution in [-0.2, 0) is 0 Å². The van der Waals surface area contributed by atoms with Crippen molar-refractivity contribution >= 4 is 5.91 Å². The normalized spacial score (nSPS) is 18.6. The number of aliphatic hydroxyl groups is 1. The minimum atomic E-state index is -4.64. The van der Waals surface area contributed by atoms with Crippen molar-refractivity contribution in [2.24, 2.45) is 5.92 Å². The van der Waals surface area contributed by atoms with Gasteiger partial charge in [-0.2, -0.15) is 13.2 Å². The predicted octanol–water partition coefficient (Wildman–Crippen LogP) is 2.60. The number of hydrogen-bond acceptors (Lipinski definition) is 2. The van der Waals surface area contributed by atoms with Crippen LogP contribution < -0.4 is 0 Å². The van der Waals surface area contributed by atoms with Crippen LogP contribution in [0.15, 0.2) is 24.3 Å². The Morgan fingerprint density at radius 3 is 2.43 bits per heavy atom. The lowest BCUT2D eigenvalue weighted by Crippen LogP contribution is -2.45. The second-order valence-corrected chi connectivity index (χ2v) is 5.13. The van der Waals surface area contributed by atoms with Crippen LogP contribution in [0, 0.1) is 11.7 Å². The fraction of sp³-hybridized carbons (Fsp3) is 0.500. The highest BCUT2D eigenvalue weighted by Crippen LogP contribution is 2.31. The van der Waals surface area contributed by atoms with Gasteiger partial charge in [0.15, 0.2) is 6.10 Å². The molecule has 0 aromatic heterocycles. The van der Waals surface area contributed by atoms with Gasteiger partial charge in [0.2, 0.25) is 0 Å². The van der Waals surface area contributed by atoms with Crippen LogP contribution in [0.25, 0.3) is 0 Å². The number of carbonyl (C=O) groups excluding carboxylic acids is 1. The Morgan fingerprint density at radius 1 is 1.29 bits per heavy atom. The molecule has 0 saturated carbocycles. The summed E-state index contributed by atoms with van der Waals surface area (Å²) < 4.78 is 50.3. The molecule has 1 aromatic carbocycles. The van der Waals surface area contributed by atoms with Gasteiger partial charge in [-0.05, 0) is 37.0 Å². The van der Waals surface area contributed by atoms with Crippen molar-refractivity contribution in [2.45, 2.75) is 25.1 Å². The van der Waals surface area contributed by atoms with E-state index in [0.717, 1.165) is 6.07 Å². The maximum atomic E-state index is 13.1. The Balaban J connectivity index is 1.96. The lowest BCUT2D eigenvalue weighted by Gasteiger charge is -2.34. The minimum Gasteiger partial charge on any atom is -0.383 e. The molecule has 116 valence electrons. The van der Waals surface area contributed by atoms with Crippen LogP contribution in [0.1, 0.15) is 23.2 Å². The molecule has 0 spiro atoms. The van der Waals surface area contributed by atoms with Crippen molar-refractivity contribution in [1.29, 1.82) is 0 Å². The van der Waals surface area contributed by atoms with Gasteiger partial charge in [-0.15, -0.1) is 0 Å². The fourth-order valence-electron chi connectivity index (χ4n) is 2.49. The van der Waals surface area contributed by atoms with Gasteiger partial charge in [0.1, 0.15) is 5.82 Å². The average molecular weight is 305 g/mol. The number of rotatable bonds is 2. The van der Waals surface area contributed by atoms with E-state index >= 15 is 0 Å². The van der Waals surface area contributed by atoms with Crippen molar-refractivity contribution in [1.82, 2.24) is 4.90 Å². The first-order valence-corrected chi connectivity index (χ1v) is 6.58. The van der Waals surface area contributed by atoms with Crippen LogP contribution in [0.5, 0.6) is 0 Å². The number of aliphatic hydroxyl groups excluding tert-OH is 1. The Labute approximate surface area is 119 Å². The molecular weight excluding hydrogens is 290 g/mol. The van der Waals surface area contributed by atoms with Gasteiger partial charge >= 0.3 is 6.18 Å². The summed E-state index contributed by atoms with van der Waals surface area (Å²) in [4.78, 5) is 13.5. The molecule has 1 atom stereocenters. The zero-order valence-corrected chi connectivity index (χ0v) is 11.1. The molecule has 1 aliphatic rings. The molecule has 0 bridgehead atoms. The van der Waals surface area contributed by atoms with Crippen molar-refractivity contribution in [3.8, 4) is 0 Å². The van der Waals surface area contributed by atoms with Crippen LogP contribution in [0.2, 0.25) is 0 Å². The summed E-state index contributed by atoms with van der Waals surface area (Å²) in [6.45, 7) is 0.236. The van der Waals surface area contributed by atoms with Gasteiger partial charge in [0.25, 0.3) is 5.91 Å². The number of alkyl halides is 3. The third-order valence-corrected chi connectivity index (χ3v) is 3.68. The lowest BCUT2D eigenvalue weighted by atomic mass is 9.90. The summed E-state index contributed by atoms with van der Waals surface area (Å²) in [6, 6.07) is 5.17. The van der Waals surface area contributed by atoms with E-state index in [1.165, 1.54) is 23.1 Å². The molecule has 1 N–H and O–H groups in total. The van der Waals surface area contributed by atoms with Gasteiger partial charge in [-0.3, -0.25) is 4.79 Å². The van der Waals surface area contributed by atoms with E-state index in [9.17, 15) is 27.5 Å². The molecular formula is C14H15F4NO2. The molecule has 21 heavy (non-hydrogen) atoms. The molecule has 1 unspecified atom stereocenters. The van der Waals surface area contributed by atoms with E-state index in [0.29, 0.717) is 0 Å². The van der Waals surface area contributed by atoms with Gasteiger partial charge in [0.05, 0.1) is 0 Å². The Hall–Kier alpha value is -1.63. The van der Waals surface area contributed by atoms with Crippen LogP contribution in [0.3, 0.4) is 0 Å². The first-order valence-electron chi connectivity index (χ1n) is 6.58. The Kier molecular flexibility index (Phi) is 4.51. The summed E-state index contributed by atoms with van der Waals surface area (Å²) in [5.74, 6) is -1.85. The molecule has 0 radical (unpaired) electrons. The van der Waals surface area contributed by atoms with Crippen molar-refractivity contribution in [3.05, 3.63) is 35.6 Å². The maximum absolute atomic E-state index is 13.1. The molecule has 1 aromatic rings. The third kappa shape index (κ3) is 3.72. The number of nitrogens with zero attached hydrogens (tertiary/aromatic N) is 1. The zero-order chi connectivity index (χ0) is 15.6. The quantitative estimate of drug-likeness (QED) is 0.853. The first-order chi connectivity index (χ1) is 9.79. The van der Waals surface area contributed by atoms with Crippen molar-refractivity contribution < 1.29 is 27.5 Å². The molecule has 1 aliphatic heterocycles. The fourth-order valence-corrected chi connectivity index (χ4v) is 2.49. The van der Waals surface area contributed by atoms with Gasteiger partial charge in [0, 0.05) is 18.7 Å². The van der Waals surface area contributed by atoms with Crippen molar-refractivity contribution in [2.75, 3.05) is 13.1 Å². The van der Waals surface area contributed by atoms with Crippen LogP contribution in [0.4, 0.5) is 17.6 Å². The summed E-state index contributed by atoms with van der Waals surface area (Å²) >= 11 is 0. The SMILES string of the molecule is O=C(c1cccc(F)c1)N1CCC(C(O)C(F)(F)F)CC1. The summed E-state index contributed by atoms with van der Waals surface area (Å²) in [6.07, 6.45) is -6.85. The first kappa shape index (κ1) is 15.8. The topological polar surface area (TPSA) is 40.5 Å². The predicted molar refractivity (Wildman–Crippen MR) is 67.1 cm³/mol. The van der Waals surface area contributed by atoms with E-state index in [1.807, 2.05) is 0 Å². The molecule has 7 heteroatoms. The molecule has 1 heterocycles. The number of amides is 1. The molecule has 3 nitrogen and oxygen atoms in total. The van der Waals surface area contributed by atoms with E-state index < -0.39 is 29.9 Å². The number of benzene rings is 1. The van der Waals surface area contributed by atoms with Crippen LogP contribution >= 0.6 is 0 Å². The van der Waals surface area contributed by atoms with E-state index in [2.05, 4.69) is 0 Å². The van der Waals surface area contributed by atoms with E-state index in [4.69, 9.17) is 0 Å². The third-order valence-electron chi connectivity index (χ3n) is 3.68. The lowest BCUT2D eigenvalue weighted by molar-refractivity contribution is -0.222.